The van der Waals surface area contributed by atoms with Crippen molar-refractivity contribution in [1.82, 2.24) is 0 Å². The van der Waals surface area contributed by atoms with Crippen molar-refractivity contribution in [3.63, 3.8) is 0 Å². The second kappa shape index (κ2) is 5.83. The minimum atomic E-state index is -0.562. The first-order valence-electron chi connectivity index (χ1n) is 5.96. The number of thioether (sulfide) groups is 1. The molecule has 0 bridgehead atoms. The lowest BCUT2D eigenvalue weighted by atomic mass is 10.1. The van der Waals surface area contributed by atoms with E-state index in [4.69, 9.17) is 0 Å². The topological polar surface area (TPSA) is 20.2 Å². The van der Waals surface area contributed by atoms with Crippen LogP contribution in [0.15, 0.2) is 23.1 Å². The zero-order valence-corrected chi connectivity index (χ0v) is 10.4. The standard InChI is InChI=1S/C13H16F2OS/c14-9-6-7-12(10(15)8-9)17-13-5-3-1-2-4-11(13)16/h6-8,11,13,16H,1-5H2. The van der Waals surface area contributed by atoms with E-state index in [1.807, 2.05) is 0 Å². The largest absolute Gasteiger partial charge is 0.392 e. The Morgan fingerprint density at radius 1 is 1.12 bits per heavy atom. The smallest absolute Gasteiger partial charge is 0.139 e. The molecule has 2 atom stereocenters. The molecule has 1 saturated carbocycles. The van der Waals surface area contributed by atoms with Crippen LogP contribution in [0.3, 0.4) is 0 Å². The first kappa shape index (κ1) is 12.8. The molecule has 1 aliphatic carbocycles. The van der Waals surface area contributed by atoms with Crippen molar-refractivity contribution in [3.05, 3.63) is 29.8 Å². The molecule has 0 aliphatic heterocycles. The van der Waals surface area contributed by atoms with E-state index >= 15 is 0 Å². The Balaban J connectivity index is 2.08. The Hall–Kier alpha value is -0.610. The van der Waals surface area contributed by atoms with Gasteiger partial charge in [0.2, 0.25) is 0 Å². The third-order valence-corrected chi connectivity index (χ3v) is 4.53. The van der Waals surface area contributed by atoms with Gasteiger partial charge in [-0.2, -0.15) is 0 Å². The monoisotopic (exact) mass is 258 g/mol. The summed E-state index contributed by atoms with van der Waals surface area (Å²) in [5.74, 6) is -1.10. The van der Waals surface area contributed by atoms with E-state index in [1.165, 1.54) is 23.9 Å². The van der Waals surface area contributed by atoms with Crippen molar-refractivity contribution in [1.29, 1.82) is 0 Å². The van der Waals surface area contributed by atoms with Gasteiger partial charge in [-0.3, -0.25) is 0 Å². The van der Waals surface area contributed by atoms with Gasteiger partial charge in [-0.25, -0.2) is 8.78 Å². The van der Waals surface area contributed by atoms with Crippen LogP contribution in [0.25, 0.3) is 0 Å². The average molecular weight is 258 g/mol. The average Bonchev–Trinajstić information content (AvgIpc) is 2.48. The predicted octanol–water partition coefficient (Wildman–Crippen LogP) is 3.75. The van der Waals surface area contributed by atoms with Crippen LogP contribution in [-0.2, 0) is 0 Å². The molecule has 0 amide bonds. The highest BCUT2D eigenvalue weighted by molar-refractivity contribution is 8.00. The van der Waals surface area contributed by atoms with Crippen molar-refractivity contribution >= 4 is 11.8 Å². The van der Waals surface area contributed by atoms with Crippen molar-refractivity contribution in [2.45, 2.75) is 48.4 Å². The van der Waals surface area contributed by atoms with Gasteiger partial charge in [-0.15, -0.1) is 11.8 Å². The van der Waals surface area contributed by atoms with Gasteiger partial charge in [0, 0.05) is 16.2 Å². The normalized spacial score (nSPS) is 25.6. The fourth-order valence-corrected chi connectivity index (χ4v) is 3.35. The molecule has 1 aromatic rings. The lowest BCUT2D eigenvalue weighted by Gasteiger charge is -2.19. The van der Waals surface area contributed by atoms with Crippen LogP contribution < -0.4 is 0 Å². The van der Waals surface area contributed by atoms with Crippen molar-refractivity contribution in [3.8, 4) is 0 Å². The fourth-order valence-electron chi connectivity index (χ4n) is 2.13. The number of halogens is 2. The van der Waals surface area contributed by atoms with Crippen LogP contribution >= 0.6 is 11.8 Å². The summed E-state index contributed by atoms with van der Waals surface area (Å²) in [4.78, 5) is 0.428. The molecule has 1 aliphatic rings. The number of rotatable bonds is 2. The van der Waals surface area contributed by atoms with Gasteiger partial charge in [0.05, 0.1) is 6.10 Å². The molecule has 0 saturated heterocycles. The van der Waals surface area contributed by atoms with Gasteiger partial charge in [0.15, 0.2) is 0 Å². The molecule has 94 valence electrons. The van der Waals surface area contributed by atoms with Gasteiger partial charge >= 0.3 is 0 Å². The highest BCUT2D eigenvalue weighted by atomic mass is 32.2. The number of hydrogen-bond acceptors (Lipinski definition) is 2. The van der Waals surface area contributed by atoms with Crippen LogP contribution in [0, 0.1) is 11.6 Å². The highest BCUT2D eigenvalue weighted by Crippen LogP contribution is 2.34. The zero-order valence-electron chi connectivity index (χ0n) is 9.53. The molecule has 0 radical (unpaired) electrons. The molecule has 2 unspecified atom stereocenters. The predicted molar refractivity (Wildman–Crippen MR) is 65.1 cm³/mol. The van der Waals surface area contributed by atoms with Crippen LogP contribution in [0.1, 0.15) is 32.1 Å². The molecule has 2 rings (SSSR count). The molecule has 1 aromatic carbocycles. The SMILES string of the molecule is OC1CCCCCC1Sc1ccc(F)cc1F. The molecule has 0 aromatic heterocycles. The quantitative estimate of drug-likeness (QED) is 0.815. The zero-order chi connectivity index (χ0) is 12.3. The molecule has 4 heteroatoms. The lowest BCUT2D eigenvalue weighted by molar-refractivity contribution is 0.163. The second-order valence-electron chi connectivity index (χ2n) is 4.44. The molecule has 0 heterocycles. The summed E-state index contributed by atoms with van der Waals surface area (Å²) < 4.78 is 26.3. The first-order chi connectivity index (χ1) is 8.16. The Labute approximate surface area is 104 Å². The molecule has 1 nitrogen and oxygen atoms in total. The van der Waals surface area contributed by atoms with E-state index in [9.17, 15) is 13.9 Å². The maximum Gasteiger partial charge on any atom is 0.139 e. The molecule has 1 N–H and O–H groups in total. The Morgan fingerprint density at radius 3 is 2.65 bits per heavy atom. The number of benzene rings is 1. The number of aliphatic hydroxyl groups excluding tert-OH is 1. The minimum absolute atomic E-state index is 0.0254. The molecule has 1 fully saturated rings. The fraction of sp³-hybridized carbons (Fsp3) is 0.538. The van der Waals surface area contributed by atoms with E-state index in [0.29, 0.717) is 4.90 Å². The van der Waals surface area contributed by atoms with Crippen LogP contribution in [0.2, 0.25) is 0 Å². The maximum atomic E-state index is 13.5. The van der Waals surface area contributed by atoms with Crippen molar-refractivity contribution < 1.29 is 13.9 Å². The second-order valence-corrected chi connectivity index (χ2v) is 5.72. The Kier molecular flexibility index (Phi) is 4.40. The summed E-state index contributed by atoms with van der Waals surface area (Å²) in [7, 11) is 0. The van der Waals surface area contributed by atoms with Gasteiger partial charge in [-0.1, -0.05) is 19.3 Å². The number of hydrogen-bond donors (Lipinski definition) is 1. The molecule has 0 spiro atoms. The summed E-state index contributed by atoms with van der Waals surface area (Å²) in [5.41, 5.74) is 0. The Morgan fingerprint density at radius 2 is 1.88 bits per heavy atom. The summed E-state index contributed by atoms with van der Waals surface area (Å²) in [6.45, 7) is 0. The third-order valence-electron chi connectivity index (χ3n) is 3.09. The molecule has 17 heavy (non-hydrogen) atoms. The summed E-state index contributed by atoms with van der Waals surface area (Å²) in [6, 6.07) is 3.60. The van der Waals surface area contributed by atoms with Crippen molar-refractivity contribution in [2.24, 2.45) is 0 Å². The number of aliphatic hydroxyl groups is 1. The van der Waals surface area contributed by atoms with Gasteiger partial charge < -0.3 is 5.11 Å². The van der Waals surface area contributed by atoms with Gasteiger partial charge in [0.1, 0.15) is 11.6 Å². The first-order valence-corrected chi connectivity index (χ1v) is 6.84. The van der Waals surface area contributed by atoms with Gasteiger partial charge in [-0.05, 0) is 25.0 Å². The van der Waals surface area contributed by atoms with Crippen LogP contribution in [0.5, 0.6) is 0 Å². The van der Waals surface area contributed by atoms with E-state index in [2.05, 4.69) is 0 Å². The lowest BCUT2D eigenvalue weighted by Crippen LogP contribution is -2.21. The molecular weight excluding hydrogens is 242 g/mol. The van der Waals surface area contributed by atoms with Crippen LogP contribution in [0.4, 0.5) is 8.78 Å². The van der Waals surface area contributed by atoms with E-state index in [0.717, 1.165) is 38.2 Å². The van der Waals surface area contributed by atoms with Crippen molar-refractivity contribution in [2.75, 3.05) is 0 Å². The van der Waals surface area contributed by atoms with E-state index in [1.54, 1.807) is 0 Å². The summed E-state index contributed by atoms with van der Waals surface area (Å²) in [5, 5.41) is 9.96. The summed E-state index contributed by atoms with van der Waals surface area (Å²) in [6.07, 6.45) is 4.51. The van der Waals surface area contributed by atoms with Crippen LogP contribution in [-0.4, -0.2) is 16.5 Å². The van der Waals surface area contributed by atoms with Gasteiger partial charge in [0.25, 0.3) is 0 Å². The minimum Gasteiger partial charge on any atom is -0.392 e. The highest BCUT2D eigenvalue weighted by Gasteiger charge is 2.23. The van der Waals surface area contributed by atoms with E-state index < -0.39 is 11.6 Å². The summed E-state index contributed by atoms with van der Waals surface area (Å²) >= 11 is 1.33. The maximum absolute atomic E-state index is 13.5. The Bertz CT molecular complexity index is 384. The third kappa shape index (κ3) is 3.42. The molecular formula is C13H16F2OS. The van der Waals surface area contributed by atoms with E-state index in [-0.39, 0.29) is 11.4 Å².